The van der Waals surface area contributed by atoms with E-state index >= 15 is 0 Å². The van der Waals surface area contributed by atoms with E-state index in [9.17, 15) is 0 Å². The average Bonchev–Trinajstić information content (AvgIpc) is 2.32. The third kappa shape index (κ3) is 5.60. The van der Waals surface area contributed by atoms with Crippen molar-refractivity contribution in [3.8, 4) is 0 Å². The molecule has 3 heteroatoms. The highest BCUT2D eigenvalue weighted by atomic mass is 15.2. The van der Waals surface area contributed by atoms with Gasteiger partial charge in [-0.15, -0.1) is 0 Å². The van der Waals surface area contributed by atoms with Gasteiger partial charge in [0.25, 0.3) is 0 Å². The fraction of sp³-hybridized carbons (Fsp3) is 0.667. The molecule has 0 unspecified atom stereocenters. The minimum Gasteiger partial charge on any atom is -0.399 e. The number of piperazine rings is 1. The van der Waals surface area contributed by atoms with E-state index in [1.54, 1.807) is 0 Å². The minimum atomic E-state index is 0.909. The molecule has 86 valence electrons. The fourth-order valence-electron chi connectivity index (χ4n) is 1.66. The first-order valence-corrected chi connectivity index (χ1v) is 5.88. The molecule has 1 saturated heterocycles. The summed E-state index contributed by atoms with van der Waals surface area (Å²) in [6.45, 7) is 8.24. The van der Waals surface area contributed by atoms with Gasteiger partial charge in [-0.25, -0.2) is 0 Å². The van der Waals surface area contributed by atoms with Crippen LogP contribution in [0.25, 0.3) is 0 Å². The quantitative estimate of drug-likeness (QED) is 0.679. The van der Waals surface area contributed by atoms with Crippen molar-refractivity contribution in [2.45, 2.75) is 19.8 Å². The summed E-state index contributed by atoms with van der Waals surface area (Å²) in [4.78, 5) is 2.45. The molecule has 1 aliphatic heterocycles. The Labute approximate surface area is 93.0 Å². The van der Waals surface area contributed by atoms with Crippen molar-refractivity contribution in [2.75, 3.05) is 32.7 Å². The zero-order chi connectivity index (χ0) is 10.9. The molecule has 2 rings (SSSR count). The zero-order valence-corrected chi connectivity index (χ0v) is 9.71. The van der Waals surface area contributed by atoms with Crippen LogP contribution in [-0.2, 0) is 0 Å². The van der Waals surface area contributed by atoms with E-state index in [0.717, 1.165) is 18.5 Å². The number of hydrogen-bond donors (Lipinski definition) is 2. The molecule has 1 heterocycles. The lowest BCUT2D eigenvalue weighted by Crippen LogP contribution is -2.43. The highest BCUT2D eigenvalue weighted by molar-refractivity contribution is 5.17. The van der Waals surface area contributed by atoms with Crippen LogP contribution in [0.2, 0.25) is 0 Å². The van der Waals surface area contributed by atoms with Crippen LogP contribution < -0.4 is 11.1 Å². The molecular weight excluding hydrogens is 186 g/mol. The van der Waals surface area contributed by atoms with Gasteiger partial charge in [-0.1, -0.05) is 19.1 Å². The zero-order valence-electron chi connectivity index (χ0n) is 9.71. The van der Waals surface area contributed by atoms with Gasteiger partial charge in [-0.2, -0.15) is 0 Å². The summed E-state index contributed by atoms with van der Waals surface area (Å²) >= 11 is 0. The Balaban J connectivity index is 0.000000151. The molecule has 0 bridgehead atoms. The monoisotopic (exact) mass is 209 g/mol. The summed E-state index contributed by atoms with van der Waals surface area (Å²) in [6, 6.07) is 0. The predicted octanol–water partition coefficient (Wildman–Crippen LogP) is 1.09. The van der Waals surface area contributed by atoms with E-state index in [4.69, 9.17) is 5.73 Å². The summed E-state index contributed by atoms with van der Waals surface area (Å²) in [7, 11) is 0. The van der Waals surface area contributed by atoms with E-state index in [2.05, 4.69) is 23.2 Å². The number of rotatable bonds is 1. The van der Waals surface area contributed by atoms with Crippen molar-refractivity contribution < 1.29 is 0 Å². The van der Waals surface area contributed by atoms with E-state index < -0.39 is 0 Å². The van der Waals surface area contributed by atoms with Gasteiger partial charge in [0.1, 0.15) is 0 Å². The van der Waals surface area contributed by atoms with Gasteiger partial charge in [0.15, 0.2) is 0 Å². The van der Waals surface area contributed by atoms with Gasteiger partial charge in [0.2, 0.25) is 0 Å². The minimum absolute atomic E-state index is 0.909. The predicted molar refractivity (Wildman–Crippen MR) is 65.6 cm³/mol. The van der Waals surface area contributed by atoms with Crippen molar-refractivity contribution >= 4 is 0 Å². The van der Waals surface area contributed by atoms with Crippen LogP contribution in [0.15, 0.2) is 23.9 Å². The Kier molecular flexibility index (Phi) is 6.12. The van der Waals surface area contributed by atoms with E-state index in [1.165, 1.54) is 32.7 Å². The first kappa shape index (κ1) is 12.3. The van der Waals surface area contributed by atoms with Crippen LogP contribution in [0.1, 0.15) is 19.8 Å². The molecule has 0 saturated carbocycles. The molecule has 15 heavy (non-hydrogen) atoms. The second-order valence-corrected chi connectivity index (χ2v) is 3.87. The van der Waals surface area contributed by atoms with Crippen molar-refractivity contribution in [3.05, 3.63) is 23.9 Å². The standard InChI is InChI=1S/C6H14N2.C6H9N/c1-2-8-5-3-7-4-6-8;7-6-4-2-1-3-5-6/h7H,2-6H2,1H3;2,4-5H,1,3,7H2. The van der Waals surface area contributed by atoms with Gasteiger partial charge < -0.3 is 16.0 Å². The normalized spacial score (nSPS) is 21.5. The van der Waals surface area contributed by atoms with Crippen LogP contribution in [-0.4, -0.2) is 37.6 Å². The summed E-state index contributed by atoms with van der Waals surface area (Å²) in [5.41, 5.74) is 6.32. The Morgan fingerprint density at radius 2 is 2.07 bits per heavy atom. The second-order valence-electron chi connectivity index (χ2n) is 3.87. The number of allylic oxidation sites excluding steroid dienone is 3. The van der Waals surface area contributed by atoms with Crippen molar-refractivity contribution in [1.82, 2.24) is 10.2 Å². The van der Waals surface area contributed by atoms with E-state index in [-0.39, 0.29) is 0 Å². The van der Waals surface area contributed by atoms with Gasteiger partial charge in [-0.3, -0.25) is 0 Å². The van der Waals surface area contributed by atoms with Crippen LogP contribution >= 0.6 is 0 Å². The third-order valence-corrected chi connectivity index (χ3v) is 2.68. The topological polar surface area (TPSA) is 41.3 Å². The highest BCUT2D eigenvalue weighted by Gasteiger charge is 2.04. The molecule has 0 aromatic heterocycles. The summed E-state index contributed by atoms with van der Waals surface area (Å²) < 4.78 is 0. The van der Waals surface area contributed by atoms with Crippen LogP contribution in [0, 0.1) is 0 Å². The van der Waals surface area contributed by atoms with Crippen molar-refractivity contribution in [3.63, 3.8) is 0 Å². The molecule has 0 aromatic rings. The lowest BCUT2D eigenvalue weighted by atomic mass is 10.2. The number of nitrogens with one attached hydrogen (secondary N) is 1. The average molecular weight is 209 g/mol. The molecule has 1 fully saturated rings. The molecule has 0 aromatic carbocycles. The Bertz CT molecular complexity index is 215. The largest absolute Gasteiger partial charge is 0.399 e. The van der Waals surface area contributed by atoms with E-state index in [0.29, 0.717) is 0 Å². The molecular formula is C12H23N3. The van der Waals surface area contributed by atoms with Crippen LogP contribution in [0.4, 0.5) is 0 Å². The third-order valence-electron chi connectivity index (χ3n) is 2.68. The molecule has 3 nitrogen and oxygen atoms in total. The van der Waals surface area contributed by atoms with Crippen LogP contribution in [0.5, 0.6) is 0 Å². The number of nitrogens with zero attached hydrogens (tertiary/aromatic N) is 1. The number of hydrogen-bond acceptors (Lipinski definition) is 3. The molecule has 1 aliphatic carbocycles. The van der Waals surface area contributed by atoms with E-state index in [1.807, 2.05) is 12.2 Å². The maximum Gasteiger partial charge on any atom is 0.0270 e. The lowest BCUT2D eigenvalue weighted by Gasteiger charge is -2.25. The second kappa shape index (κ2) is 7.49. The number of nitrogens with two attached hydrogens (primary N) is 1. The first-order chi connectivity index (χ1) is 7.33. The number of likely N-dealkylation sites (N-methyl/N-ethyl adjacent to an activating group) is 1. The first-order valence-electron chi connectivity index (χ1n) is 5.88. The van der Waals surface area contributed by atoms with Gasteiger partial charge in [0, 0.05) is 31.9 Å². The summed E-state index contributed by atoms with van der Waals surface area (Å²) in [6.07, 6.45) is 8.35. The Morgan fingerprint density at radius 3 is 2.40 bits per heavy atom. The van der Waals surface area contributed by atoms with Crippen LogP contribution in [0.3, 0.4) is 0 Å². The Hall–Kier alpha value is -0.800. The fourth-order valence-corrected chi connectivity index (χ4v) is 1.66. The summed E-state index contributed by atoms with van der Waals surface area (Å²) in [5.74, 6) is 0. The Morgan fingerprint density at radius 1 is 1.33 bits per heavy atom. The van der Waals surface area contributed by atoms with Crippen molar-refractivity contribution in [1.29, 1.82) is 0 Å². The summed E-state index contributed by atoms with van der Waals surface area (Å²) in [5, 5.41) is 3.31. The van der Waals surface area contributed by atoms with Gasteiger partial charge >= 0.3 is 0 Å². The SMILES string of the molecule is CCN1CCNCC1.NC1=CCCC=C1. The maximum atomic E-state index is 5.41. The molecule has 0 spiro atoms. The molecule has 0 atom stereocenters. The molecule has 2 aliphatic rings. The lowest BCUT2D eigenvalue weighted by molar-refractivity contribution is 0.253. The van der Waals surface area contributed by atoms with Gasteiger partial charge in [0.05, 0.1) is 0 Å². The smallest absolute Gasteiger partial charge is 0.0270 e. The molecule has 3 N–H and O–H groups in total. The van der Waals surface area contributed by atoms with Gasteiger partial charge in [-0.05, 0) is 25.5 Å². The maximum absolute atomic E-state index is 5.41. The highest BCUT2D eigenvalue weighted by Crippen LogP contribution is 2.02. The van der Waals surface area contributed by atoms with Crippen molar-refractivity contribution in [2.24, 2.45) is 5.73 Å². The molecule has 0 radical (unpaired) electrons. The molecule has 0 amide bonds.